The number of hydrogen-bond donors (Lipinski definition) is 3. The van der Waals surface area contributed by atoms with Crippen LogP contribution in [0, 0.1) is 0 Å². The summed E-state index contributed by atoms with van der Waals surface area (Å²) in [4.78, 5) is 21.6. The number of benzene rings is 3. The number of amides is 1. The molecule has 3 heterocycles. The number of imidazole rings is 1. The molecule has 1 aromatic heterocycles. The number of carbonyl (C=O) groups excluding carboxylic acids is 1. The molecule has 7 heteroatoms. The van der Waals surface area contributed by atoms with Crippen LogP contribution in [0.3, 0.4) is 0 Å². The van der Waals surface area contributed by atoms with E-state index in [0.29, 0.717) is 6.04 Å². The number of carbonyl (C=O) groups is 1. The van der Waals surface area contributed by atoms with Crippen molar-refractivity contribution >= 4 is 34.0 Å². The number of piperidine rings is 1. The summed E-state index contributed by atoms with van der Waals surface area (Å²) in [6.45, 7) is 9.11. The number of anilines is 3. The molecule has 4 aromatic rings. The number of fused-ring (bicyclic) bond motifs is 5. The molecular formula is C33H38N6O. The Morgan fingerprint density at radius 2 is 1.68 bits per heavy atom. The molecule has 1 saturated carbocycles. The molecule has 1 amide bonds. The van der Waals surface area contributed by atoms with Gasteiger partial charge in [0.05, 0.1) is 16.7 Å². The first-order chi connectivity index (χ1) is 19.1. The van der Waals surface area contributed by atoms with Gasteiger partial charge in [-0.2, -0.15) is 0 Å². The Hall–Kier alpha value is -3.84. The van der Waals surface area contributed by atoms with E-state index < -0.39 is 6.04 Å². The van der Waals surface area contributed by atoms with Crippen molar-refractivity contribution in [1.29, 1.82) is 0 Å². The number of rotatable bonds is 4. The topological polar surface area (TPSA) is 88.2 Å². The number of nitrogens with one attached hydrogen (secondary N) is 2. The highest BCUT2D eigenvalue weighted by Gasteiger charge is 2.44. The molecule has 0 radical (unpaired) electrons. The van der Waals surface area contributed by atoms with Crippen LogP contribution in [0.5, 0.6) is 0 Å². The average molecular weight is 535 g/mol. The normalized spacial score (nSPS) is 21.9. The van der Waals surface area contributed by atoms with E-state index in [4.69, 9.17) is 10.7 Å². The number of nitrogens with zero attached hydrogens (tertiary/aromatic N) is 3. The minimum atomic E-state index is -0.542. The van der Waals surface area contributed by atoms with Crippen LogP contribution in [-0.4, -0.2) is 38.6 Å². The maximum atomic E-state index is 13.9. The lowest BCUT2D eigenvalue weighted by Gasteiger charge is -2.56. The molecule has 0 spiro atoms. The van der Waals surface area contributed by atoms with Gasteiger partial charge in [0.25, 0.3) is 5.91 Å². The molecule has 40 heavy (non-hydrogen) atoms. The van der Waals surface area contributed by atoms with E-state index in [9.17, 15) is 4.79 Å². The van der Waals surface area contributed by atoms with Crippen molar-refractivity contribution in [3.63, 3.8) is 0 Å². The van der Waals surface area contributed by atoms with Gasteiger partial charge in [-0.15, -0.1) is 0 Å². The van der Waals surface area contributed by atoms with Crippen LogP contribution >= 0.6 is 0 Å². The molecule has 0 bridgehead atoms. The lowest BCUT2D eigenvalue weighted by atomic mass is 9.77. The van der Waals surface area contributed by atoms with Crippen LogP contribution in [0.25, 0.3) is 22.4 Å². The minimum Gasteiger partial charge on any atom is -0.382 e. The van der Waals surface area contributed by atoms with Gasteiger partial charge in [0.2, 0.25) is 0 Å². The molecule has 7 rings (SSSR count). The van der Waals surface area contributed by atoms with E-state index in [0.717, 1.165) is 57.9 Å². The maximum Gasteiger partial charge on any atom is 0.252 e. The summed E-state index contributed by atoms with van der Waals surface area (Å²) in [5.74, 6) is 0.734. The third kappa shape index (κ3) is 4.15. The van der Waals surface area contributed by atoms with Crippen molar-refractivity contribution in [2.45, 2.75) is 82.6 Å². The first-order valence-electron chi connectivity index (χ1n) is 14.5. The number of nitrogens with two attached hydrogens (primary N) is 1. The zero-order valence-corrected chi connectivity index (χ0v) is 23.7. The summed E-state index contributed by atoms with van der Waals surface area (Å²) in [7, 11) is 0. The second-order valence-electron chi connectivity index (χ2n) is 13.1. The molecule has 2 fully saturated rings. The zero-order valence-electron chi connectivity index (χ0n) is 23.7. The van der Waals surface area contributed by atoms with Crippen molar-refractivity contribution in [1.82, 2.24) is 9.55 Å². The molecule has 1 atom stereocenters. The van der Waals surface area contributed by atoms with Crippen LogP contribution in [0.2, 0.25) is 0 Å². The van der Waals surface area contributed by atoms with Gasteiger partial charge in [0.15, 0.2) is 0 Å². The van der Waals surface area contributed by atoms with Crippen molar-refractivity contribution in [2.75, 3.05) is 15.5 Å². The van der Waals surface area contributed by atoms with E-state index in [1.54, 1.807) is 0 Å². The Bertz CT molecular complexity index is 1600. The molecule has 3 aliphatic rings. The number of aromatic nitrogens is 2. The highest BCUT2D eigenvalue weighted by molar-refractivity contribution is 6.03. The highest BCUT2D eigenvalue weighted by Crippen LogP contribution is 2.44. The minimum absolute atomic E-state index is 0.0650. The Morgan fingerprint density at radius 1 is 0.950 bits per heavy atom. The van der Waals surface area contributed by atoms with Crippen molar-refractivity contribution in [3.8, 4) is 11.4 Å². The van der Waals surface area contributed by atoms with Gasteiger partial charge in [-0.25, -0.2) is 4.98 Å². The maximum absolute atomic E-state index is 13.9. The second-order valence-corrected chi connectivity index (χ2v) is 13.1. The van der Waals surface area contributed by atoms with Crippen molar-refractivity contribution in [3.05, 3.63) is 72.3 Å². The Morgan fingerprint density at radius 3 is 2.38 bits per heavy atom. The van der Waals surface area contributed by atoms with Crippen molar-refractivity contribution in [2.24, 2.45) is 5.73 Å². The van der Waals surface area contributed by atoms with E-state index >= 15 is 0 Å². The smallest absolute Gasteiger partial charge is 0.252 e. The van der Waals surface area contributed by atoms with E-state index in [2.05, 4.69) is 78.1 Å². The van der Waals surface area contributed by atoms with Gasteiger partial charge < -0.3 is 25.8 Å². The lowest BCUT2D eigenvalue weighted by Crippen LogP contribution is -2.63. The van der Waals surface area contributed by atoms with Gasteiger partial charge in [-0.1, -0.05) is 30.3 Å². The SMILES string of the molecule is CC1(C)CC(N)CC(C)(C)N1c1ccc2c(c1)nc1n2C(c2ccccc2)C(=O)Nc2ccc(NC3CC3)cc2-1. The van der Waals surface area contributed by atoms with E-state index in [-0.39, 0.29) is 23.0 Å². The van der Waals surface area contributed by atoms with E-state index in [1.165, 1.54) is 12.8 Å². The molecule has 1 aliphatic carbocycles. The summed E-state index contributed by atoms with van der Waals surface area (Å²) in [5, 5.41) is 6.82. The third-order valence-corrected chi connectivity index (χ3v) is 8.75. The van der Waals surface area contributed by atoms with Gasteiger partial charge >= 0.3 is 0 Å². The molecule has 1 unspecified atom stereocenters. The lowest BCUT2D eigenvalue weighted by molar-refractivity contribution is -0.118. The average Bonchev–Trinajstić information content (AvgIpc) is 3.64. The predicted molar refractivity (Wildman–Crippen MR) is 163 cm³/mol. The van der Waals surface area contributed by atoms with E-state index in [1.807, 2.05) is 36.4 Å². The molecule has 4 N–H and O–H groups in total. The zero-order chi connectivity index (χ0) is 27.8. The molecule has 2 aliphatic heterocycles. The van der Waals surface area contributed by atoms with Gasteiger partial charge in [-0.3, -0.25) is 4.79 Å². The fraction of sp³-hybridized carbons (Fsp3) is 0.394. The molecule has 7 nitrogen and oxygen atoms in total. The van der Waals surface area contributed by atoms with Crippen LogP contribution in [0.15, 0.2) is 66.7 Å². The predicted octanol–water partition coefficient (Wildman–Crippen LogP) is 6.30. The van der Waals surface area contributed by atoms with Crippen molar-refractivity contribution < 1.29 is 4.79 Å². The largest absolute Gasteiger partial charge is 0.382 e. The summed E-state index contributed by atoms with van der Waals surface area (Å²) in [6.07, 6.45) is 4.24. The summed E-state index contributed by atoms with van der Waals surface area (Å²) < 4.78 is 2.12. The van der Waals surface area contributed by atoms with Gasteiger partial charge in [0.1, 0.15) is 11.9 Å². The number of hydrogen-bond acceptors (Lipinski definition) is 5. The summed E-state index contributed by atoms with van der Waals surface area (Å²) in [6, 6.07) is 22.9. The van der Waals surface area contributed by atoms with Crippen LogP contribution in [0.4, 0.5) is 17.1 Å². The van der Waals surface area contributed by atoms with Crippen LogP contribution < -0.4 is 21.3 Å². The molecule has 3 aromatic carbocycles. The Balaban J connectivity index is 1.43. The third-order valence-electron chi connectivity index (χ3n) is 8.75. The van der Waals surface area contributed by atoms with Crippen LogP contribution in [-0.2, 0) is 4.79 Å². The molecule has 1 saturated heterocycles. The first kappa shape index (κ1) is 25.1. The summed E-state index contributed by atoms with van der Waals surface area (Å²) in [5.41, 5.74) is 12.9. The first-order valence-corrected chi connectivity index (χ1v) is 14.5. The highest BCUT2D eigenvalue weighted by atomic mass is 16.2. The summed E-state index contributed by atoms with van der Waals surface area (Å²) >= 11 is 0. The molecular weight excluding hydrogens is 496 g/mol. The fourth-order valence-electron chi connectivity index (χ4n) is 7.38. The van der Waals surface area contributed by atoms with Crippen LogP contribution in [0.1, 0.15) is 65.0 Å². The Kier molecular flexibility index (Phi) is 5.55. The van der Waals surface area contributed by atoms with Gasteiger partial charge in [0, 0.05) is 40.1 Å². The quantitative estimate of drug-likeness (QED) is 0.286. The standard InChI is InChI=1S/C33H38N6O/c1-32(2)18-21(34)19-33(3,4)39(32)24-13-15-28-27(17-24)36-30-25-16-23(35-22-10-11-22)12-14-26(25)37-31(40)29(38(28)30)20-8-6-5-7-9-20/h5-9,12-17,21-22,29,35H,10-11,18-19,34H2,1-4H3,(H,37,40). The Labute approximate surface area is 235 Å². The van der Waals surface area contributed by atoms with Gasteiger partial charge in [-0.05, 0) is 95.3 Å². The monoisotopic (exact) mass is 534 g/mol. The fourth-order valence-corrected chi connectivity index (χ4v) is 7.38. The molecule has 206 valence electrons. The second kappa shape index (κ2) is 8.83.